The maximum absolute atomic E-state index is 10.00. The van der Waals surface area contributed by atoms with Crippen LogP contribution in [-0.2, 0) is 14.2 Å². The molecule has 15 heteroatoms. The SMILES string of the molecule is O.OC[C@H]1O[C@@](CO)(O[C@H]2O[C@H](CO)[C@@H](O)[C@H](O)[C@H]2O)[C@@H](O)[C@@H]1O.Oc1ccc(C=Cc2cc(O)cc(O)c2)cc1. The van der Waals surface area contributed by atoms with E-state index in [0.29, 0.717) is 5.56 Å². The monoisotopic (exact) mass is 588 g/mol. The van der Waals surface area contributed by atoms with Crippen molar-refractivity contribution in [3.05, 3.63) is 53.6 Å². The lowest BCUT2D eigenvalue weighted by Gasteiger charge is -2.43. The summed E-state index contributed by atoms with van der Waals surface area (Å²) in [6.07, 6.45) is -9.06. The Morgan fingerprint density at radius 1 is 0.683 bits per heavy atom. The minimum absolute atomic E-state index is 0. The van der Waals surface area contributed by atoms with E-state index in [-0.39, 0.29) is 22.7 Å². The van der Waals surface area contributed by atoms with Gasteiger partial charge in [0.15, 0.2) is 6.29 Å². The molecule has 0 saturated carbocycles. The number of hydrogen-bond acceptors (Lipinski definition) is 14. The topological polar surface area (TPSA) is 282 Å². The first-order valence-electron chi connectivity index (χ1n) is 12.2. The largest absolute Gasteiger partial charge is 0.508 e. The number of aliphatic hydroxyl groups is 8. The van der Waals surface area contributed by atoms with Crippen LogP contribution in [0.1, 0.15) is 11.1 Å². The molecule has 9 atom stereocenters. The highest BCUT2D eigenvalue weighted by molar-refractivity contribution is 5.71. The van der Waals surface area contributed by atoms with Crippen LogP contribution in [0.25, 0.3) is 12.2 Å². The minimum atomic E-state index is -2.22. The molecule has 2 saturated heterocycles. The third-order valence-electron chi connectivity index (χ3n) is 6.36. The third kappa shape index (κ3) is 8.10. The number of phenols is 3. The van der Waals surface area contributed by atoms with Crippen molar-refractivity contribution in [2.75, 3.05) is 19.8 Å². The van der Waals surface area contributed by atoms with Gasteiger partial charge in [0.05, 0.1) is 13.2 Å². The number of ether oxygens (including phenoxy) is 3. The van der Waals surface area contributed by atoms with E-state index >= 15 is 0 Å². The van der Waals surface area contributed by atoms with E-state index in [2.05, 4.69) is 0 Å². The van der Waals surface area contributed by atoms with Gasteiger partial charge in [0.25, 0.3) is 0 Å². The van der Waals surface area contributed by atoms with Gasteiger partial charge in [-0.2, -0.15) is 0 Å². The zero-order valence-corrected chi connectivity index (χ0v) is 21.6. The van der Waals surface area contributed by atoms with Crippen molar-refractivity contribution in [1.82, 2.24) is 0 Å². The fourth-order valence-electron chi connectivity index (χ4n) is 4.12. The molecule has 15 nitrogen and oxygen atoms in total. The lowest BCUT2D eigenvalue weighted by atomic mass is 9.99. The first-order chi connectivity index (χ1) is 18.9. The Bertz CT molecular complexity index is 1090. The number of phenolic OH excluding ortho intramolecular Hbond substituents is 3. The molecule has 2 aliphatic heterocycles. The average molecular weight is 589 g/mol. The molecule has 0 radical (unpaired) electrons. The molecule has 4 rings (SSSR count). The van der Waals surface area contributed by atoms with Crippen molar-refractivity contribution in [3.63, 3.8) is 0 Å². The first kappa shape index (κ1) is 34.3. The van der Waals surface area contributed by atoms with Crippen molar-refractivity contribution in [2.45, 2.75) is 54.8 Å². The highest BCUT2D eigenvalue weighted by Crippen LogP contribution is 2.36. The fraction of sp³-hybridized carbons (Fsp3) is 0.462. The molecule has 13 N–H and O–H groups in total. The van der Waals surface area contributed by atoms with E-state index in [1.807, 2.05) is 6.08 Å². The Morgan fingerprint density at radius 3 is 1.76 bits per heavy atom. The van der Waals surface area contributed by atoms with Crippen LogP contribution in [0.5, 0.6) is 17.2 Å². The number of rotatable bonds is 7. The molecule has 2 aromatic rings. The average Bonchev–Trinajstić information content (AvgIpc) is 3.18. The van der Waals surface area contributed by atoms with Crippen LogP contribution in [-0.4, -0.2) is 136 Å². The minimum Gasteiger partial charge on any atom is -0.508 e. The van der Waals surface area contributed by atoms with Gasteiger partial charge in [-0.15, -0.1) is 0 Å². The molecule has 0 unspecified atom stereocenters. The van der Waals surface area contributed by atoms with E-state index in [1.165, 1.54) is 6.07 Å². The second-order valence-electron chi connectivity index (χ2n) is 9.27. The third-order valence-corrected chi connectivity index (χ3v) is 6.36. The first-order valence-corrected chi connectivity index (χ1v) is 12.2. The van der Waals surface area contributed by atoms with Gasteiger partial charge in [-0.3, -0.25) is 0 Å². The van der Waals surface area contributed by atoms with Crippen molar-refractivity contribution in [1.29, 1.82) is 0 Å². The summed E-state index contributed by atoms with van der Waals surface area (Å²) in [6, 6.07) is 11.1. The second-order valence-corrected chi connectivity index (χ2v) is 9.27. The maximum atomic E-state index is 10.00. The summed E-state index contributed by atoms with van der Waals surface area (Å²) in [5, 5.41) is 104. The summed E-state index contributed by atoms with van der Waals surface area (Å²) in [4.78, 5) is 0. The lowest BCUT2D eigenvalue weighted by molar-refractivity contribution is -0.383. The molecular weight excluding hydrogens is 552 g/mol. The molecule has 0 aliphatic carbocycles. The summed E-state index contributed by atoms with van der Waals surface area (Å²) >= 11 is 0. The van der Waals surface area contributed by atoms with E-state index in [9.17, 15) is 40.9 Å². The lowest BCUT2D eigenvalue weighted by Crippen LogP contribution is -2.62. The summed E-state index contributed by atoms with van der Waals surface area (Å²) < 4.78 is 15.4. The standard InChI is InChI=1S/C14H12O3.C12H22O11.H2O/c15-12-5-3-10(4-6-12)1-2-11-7-13(16)9-14(17)8-11;13-1-4-6(16)8(18)9(19)11(21-4)23-12(3-15)10(20)7(17)5(2-14)22-12;/h1-9,15-17H;4-11,13-20H,1-3H2;1H2/t;4-,5-,6-,7-,8+,9-,10+,11-,12+;/m.1./s1. The zero-order chi connectivity index (χ0) is 29.6. The van der Waals surface area contributed by atoms with Gasteiger partial charge >= 0.3 is 0 Å². The predicted octanol–water partition coefficient (Wildman–Crippen LogP) is -3.25. The predicted molar refractivity (Wildman–Crippen MR) is 139 cm³/mol. The Labute approximate surface area is 233 Å². The summed E-state index contributed by atoms with van der Waals surface area (Å²) in [5.74, 6) is -1.96. The molecule has 0 aromatic heterocycles. The number of benzene rings is 2. The number of hydrogen-bond donors (Lipinski definition) is 11. The molecule has 230 valence electrons. The van der Waals surface area contributed by atoms with Crippen LogP contribution in [0.15, 0.2) is 42.5 Å². The molecule has 2 aromatic carbocycles. The van der Waals surface area contributed by atoms with Gasteiger partial charge in [-0.1, -0.05) is 24.3 Å². The van der Waals surface area contributed by atoms with Crippen LogP contribution in [0.2, 0.25) is 0 Å². The molecule has 0 amide bonds. The normalized spacial score (nSPS) is 33.2. The van der Waals surface area contributed by atoms with Gasteiger partial charge in [0.2, 0.25) is 5.79 Å². The molecule has 2 heterocycles. The van der Waals surface area contributed by atoms with Crippen LogP contribution < -0.4 is 0 Å². The van der Waals surface area contributed by atoms with Gasteiger partial charge in [-0.05, 0) is 35.4 Å². The summed E-state index contributed by atoms with van der Waals surface area (Å²) in [5.41, 5.74) is 1.63. The summed E-state index contributed by atoms with van der Waals surface area (Å²) in [7, 11) is 0. The molecule has 2 aliphatic rings. The second kappa shape index (κ2) is 14.8. The van der Waals surface area contributed by atoms with Gasteiger partial charge in [-0.25, -0.2) is 0 Å². The van der Waals surface area contributed by atoms with Crippen molar-refractivity contribution in [3.8, 4) is 17.2 Å². The fourth-order valence-corrected chi connectivity index (χ4v) is 4.12. The van der Waals surface area contributed by atoms with Gasteiger partial charge in [0, 0.05) is 6.07 Å². The Hall–Kier alpha value is -2.90. The van der Waals surface area contributed by atoms with Crippen LogP contribution >= 0.6 is 0 Å². The van der Waals surface area contributed by atoms with Crippen LogP contribution in [0.3, 0.4) is 0 Å². The quantitative estimate of drug-likeness (QED) is 0.142. The van der Waals surface area contributed by atoms with E-state index in [0.717, 1.165) is 5.56 Å². The maximum Gasteiger partial charge on any atom is 0.224 e. The van der Waals surface area contributed by atoms with E-state index in [1.54, 1.807) is 42.5 Å². The van der Waals surface area contributed by atoms with E-state index in [4.69, 9.17) is 29.5 Å². The van der Waals surface area contributed by atoms with Crippen molar-refractivity contribution >= 4 is 12.2 Å². The molecule has 2 fully saturated rings. The van der Waals surface area contributed by atoms with Gasteiger partial charge < -0.3 is 75.9 Å². The number of aromatic hydroxyl groups is 3. The van der Waals surface area contributed by atoms with Crippen molar-refractivity contribution < 1.29 is 75.9 Å². The summed E-state index contributed by atoms with van der Waals surface area (Å²) in [6.45, 7) is -2.32. The molecule has 0 spiro atoms. The molecule has 0 bridgehead atoms. The van der Waals surface area contributed by atoms with Crippen molar-refractivity contribution in [2.24, 2.45) is 0 Å². The Morgan fingerprint density at radius 2 is 1.24 bits per heavy atom. The van der Waals surface area contributed by atoms with E-state index < -0.39 is 74.6 Å². The molecular formula is C26H36O15. The Kier molecular flexibility index (Phi) is 12.4. The Balaban J connectivity index is 0.000000292. The zero-order valence-electron chi connectivity index (χ0n) is 21.6. The highest BCUT2D eigenvalue weighted by atomic mass is 16.8. The number of aliphatic hydroxyl groups excluding tert-OH is 8. The van der Waals surface area contributed by atoms with Crippen LogP contribution in [0.4, 0.5) is 0 Å². The highest BCUT2D eigenvalue weighted by Gasteiger charge is 2.58. The van der Waals surface area contributed by atoms with Gasteiger partial charge in [0.1, 0.15) is 66.6 Å². The van der Waals surface area contributed by atoms with Crippen LogP contribution in [0, 0.1) is 0 Å². The smallest absolute Gasteiger partial charge is 0.224 e. The molecule has 41 heavy (non-hydrogen) atoms.